The number of Topliss-reactive ketones (excluding diaryl/α,β-unsaturated/α-hetero) is 1. The Bertz CT molecular complexity index is 1490. The molecular weight excluding hydrogens is 506 g/mol. The van der Waals surface area contributed by atoms with Crippen molar-refractivity contribution in [3.8, 4) is 17.2 Å². The van der Waals surface area contributed by atoms with Gasteiger partial charge in [-0.15, -0.1) is 0 Å². The predicted molar refractivity (Wildman–Crippen MR) is 151 cm³/mol. The van der Waals surface area contributed by atoms with Crippen molar-refractivity contribution in [1.29, 1.82) is 0 Å². The summed E-state index contributed by atoms with van der Waals surface area (Å²) >= 11 is 0. The second-order valence-electron chi connectivity index (χ2n) is 9.94. The fourth-order valence-corrected chi connectivity index (χ4v) is 5.66. The molecule has 3 aromatic rings. The van der Waals surface area contributed by atoms with E-state index in [2.05, 4.69) is 5.32 Å². The topological polar surface area (TPSA) is 83.1 Å². The molecule has 1 aliphatic heterocycles. The van der Waals surface area contributed by atoms with Crippen LogP contribution >= 0.6 is 0 Å². The molecule has 0 fully saturated rings. The van der Waals surface area contributed by atoms with Crippen molar-refractivity contribution < 1.29 is 28.5 Å². The first kappa shape index (κ1) is 27.1. The molecule has 1 N–H and O–H groups in total. The average molecular weight is 540 g/mol. The number of allylic oxidation sites excluding steroid dienone is 3. The van der Waals surface area contributed by atoms with Gasteiger partial charge in [-0.1, -0.05) is 54.6 Å². The number of hydrogen-bond acceptors (Lipinski definition) is 7. The van der Waals surface area contributed by atoms with E-state index in [0.29, 0.717) is 53.5 Å². The molecule has 0 saturated heterocycles. The van der Waals surface area contributed by atoms with Crippen LogP contribution in [0.15, 0.2) is 95.3 Å². The van der Waals surface area contributed by atoms with Crippen LogP contribution in [-0.4, -0.2) is 33.1 Å². The number of hydrogen-bond donors (Lipinski definition) is 1. The van der Waals surface area contributed by atoms with Crippen molar-refractivity contribution in [1.82, 2.24) is 5.32 Å². The van der Waals surface area contributed by atoms with Crippen LogP contribution in [0.3, 0.4) is 0 Å². The van der Waals surface area contributed by atoms with E-state index in [-0.39, 0.29) is 11.7 Å². The molecule has 0 spiro atoms. The molecule has 0 aromatic heterocycles. The molecule has 0 amide bonds. The smallest absolute Gasteiger partial charge is 0.336 e. The number of para-hydroxylation sites is 1. The minimum atomic E-state index is -0.616. The Labute approximate surface area is 234 Å². The first-order chi connectivity index (χ1) is 19.4. The van der Waals surface area contributed by atoms with E-state index < -0.39 is 11.9 Å². The highest BCUT2D eigenvalue weighted by Crippen LogP contribution is 2.48. The maximum absolute atomic E-state index is 14.0. The summed E-state index contributed by atoms with van der Waals surface area (Å²) in [4.78, 5) is 27.1. The van der Waals surface area contributed by atoms with Gasteiger partial charge in [0.1, 0.15) is 12.4 Å². The molecule has 206 valence electrons. The number of methoxy groups -OCH3 is 3. The lowest BCUT2D eigenvalue weighted by Gasteiger charge is -2.37. The van der Waals surface area contributed by atoms with E-state index in [1.54, 1.807) is 14.2 Å². The van der Waals surface area contributed by atoms with Crippen LogP contribution in [0.25, 0.3) is 0 Å². The number of carbonyl (C=O) groups is 2. The molecule has 7 nitrogen and oxygen atoms in total. The minimum absolute atomic E-state index is 0.0229. The van der Waals surface area contributed by atoms with Gasteiger partial charge in [-0.2, -0.15) is 0 Å². The Morgan fingerprint density at radius 1 is 0.875 bits per heavy atom. The van der Waals surface area contributed by atoms with E-state index in [1.807, 2.05) is 79.7 Å². The van der Waals surface area contributed by atoms with Crippen molar-refractivity contribution in [3.05, 3.63) is 112 Å². The zero-order chi connectivity index (χ0) is 28.2. The SMILES string of the molecule is COC(=O)C1=C(C)NC2=C(C(=O)C[C@@H](c3ccc(OC)c(OC)c3)C2)[C@@H]1c1ccccc1OCc1ccccc1. The molecule has 1 heterocycles. The molecule has 0 radical (unpaired) electrons. The lowest BCUT2D eigenvalue weighted by atomic mass is 9.71. The molecule has 0 unspecified atom stereocenters. The molecular formula is C33H33NO6. The van der Waals surface area contributed by atoms with Gasteiger partial charge in [0.25, 0.3) is 0 Å². The monoisotopic (exact) mass is 539 g/mol. The van der Waals surface area contributed by atoms with E-state index >= 15 is 0 Å². The van der Waals surface area contributed by atoms with Crippen LogP contribution < -0.4 is 19.5 Å². The van der Waals surface area contributed by atoms with Crippen LogP contribution in [0.4, 0.5) is 0 Å². The van der Waals surface area contributed by atoms with Crippen LogP contribution in [-0.2, 0) is 20.9 Å². The molecule has 0 saturated carbocycles. The van der Waals surface area contributed by atoms with Crippen molar-refractivity contribution in [2.45, 2.75) is 38.2 Å². The third-order valence-electron chi connectivity index (χ3n) is 7.58. The maximum atomic E-state index is 14.0. The van der Waals surface area contributed by atoms with Crippen molar-refractivity contribution in [3.63, 3.8) is 0 Å². The summed E-state index contributed by atoms with van der Waals surface area (Å²) in [6.45, 7) is 2.21. The Morgan fingerprint density at radius 2 is 1.60 bits per heavy atom. The summed E-state index contributed by atoms with van der Waals surface area (Å²) in [5.41, 5.74) is 5.23. The maximum Gasteiger partial charge on any atom is 0.336 e. The van der Waals surface area contributed by atoms with Crippen molar-refractivity contribution in [2.75, 3.05) is 21.3 Å². The first-order valence-corrected chi connectivity index (χ1v) is 13.2. The molecule has 2 aliphatic rings. The number of ketones is 1. The zero-order valence-electron chi connectivity index (χ0n) is 23.2. The van der Waals surface area contributed by atoms with Gasteiger partial charge in [-0.3, -0.25) is 4.79 Å². The Kier molecular flexibility index (Phi) is 7.91. The first-order valence-electron chi connectivity index (χ1n) is 13.2. The molecule has 40 heavy (non-hydrogen) atoms. The highest BCUT2D eigenvalue weighted by molar-refractivity contribution is 6.04. The lowest BCUT2D eigenvalue weighted by Crippen LogP contribution is -2.36. The molecule has 1 aliphatic carbocycles. The molecule has 5 rings (SSSR count). The molecule has 2 atom stereocenters. The van der Waals surface area contributed by atoms with E-state index in [1.165, 1.54) is 7.11 Å². The van der Waals surface area contributed by atoms with E-state index in [9.17, 15) is 9.59 Å². The van der Waals surface area contributed by atoms with Crippen molar-refractivity contribution >= 4 is 11.8 Å². The summed E-state index contributed by atoms with van der Waals surface area (Å²) in [6, 6.07) is 23.2. The van der Waals surface area contributed by atoms with Gasteiger partial charge >= 0.3 is 5.97 Å². The quantitative estimate of drug-likeness (QED) is 0.361. The summed E-state index contributed by atoms with van der Waals surface area (Å²) in [6.07, 6.45) is 0.902. The normalized spacial score (nSPS) is 18.6. The van der Waals surface area contributed by atoms with Crippen molar-refractivity contribution in [2.24, 2.45) is 0 Å². The number of dihydropyridines is 1. The largest absolute Gasteiger partial charge is 0.493 e. The standard InChI is InChI=1S/C33H33NO6/c1-20-30(33(36)39-4)31(24-12-8-9-13-27(24)40-19-21-10-6-5-7-11-21)32-25(34-20)16-23(17-26(32)35)22-14-15-28(37-2)29(18-22)38-3/h5-15,18,23,31,34H,16-17,19H2,1-4H3/t23-,31+/m0/s1. The Morgan fingerprint density at radius 3 is 2.33 bits per heavy atom. The van der Waals surface area contributed by atoms with Gasteiger partial charge in [0.05, 0.1) is 32.8 Å². The number of ether oxygens (including phenoxy) is 4. The third kappa shape index (κ3) is 5.19. The molecule has 3 aromatic carbocycles. The van der Waals surface area contributed by atoms with Crippen LogP contribution in [0, 0.1) is 0 Å². The zero-order valence-corrected chi connectivity index (χ0v) is 23.2. The van der Waals surface area contributed by atoms with Gasteiger partial charge in [0.2, 0.25) is 0 Å². The second-order valence-corrected chi connectivity index (χ2v) is 9.94. The fourth-order valence-electron chi connectivity index (χ4n) is 5.66. The predicted octanol–water partition coefficient (Wildman–Crippen LogP) is 5.82. The number of carbonyl (C=O) groups excluding carboxylic acids is 2. The summed E-state index contributed by atoms with van der Waals surface area (Å²) in [7, 11) is 4.55. The minimum Gasteiger partial charge on any atom is -0.493 e. The number of rotatable bonds is 8. The molecule has 0 bridgehead atoms. The summed E-state index contributed by atoms with van der Waals surface area (Å²) in [5, 5.41) is 3.38. The highest BCUT2D eigenvalue weighted by Gasteiger charge is 2.42. The highest BCUT2D eigenvalue weighted by atomic mass is 16.5. The number of esters is 1. The fraction of sp³-hybridized carbons (Fsp3) is 0.273. The van der Waals surface area contributed by atoms with E-state index in [0.717, 1.165) is 22.4 Å². The van der Waals surface area contributed by atoms with Gasteiger partial charge in [0, 0.05) is 29.0 Å². The van der Waals surface area contributed by atoms with E-state index in [4.69, 9.17) is 18.9 Å². The van der Waals surface area contributed by atoms with Gasteiger partial charge < -0.3 is 24.3 Å². The molecule has 7 heteroatoms. The second kappa shape index (κ2) is 11.7. The van der Waals surface area contributed by atoms with Crippen LogP contribution in [0.5, 0.6) is 17.2 Å². The third-order valence-corrected chi connectivity index (χ3v) is 7.58. The lowest BCUT2D eigenvalue weighted by molar-refractivity contribution is -0.136. The van der Waals surface area contributed by atoms with Gasteiger partial charge in [-0.25, -0.2) is 4.79 Å². The van der Waals surface area contributed by atoms with Crippen LogP contribution in [0.1, 0.15) is 48.3 Å². The Balaban J connectivity index is 1.55. The number of benzene rings is 3. The average Bonchev–Trinajstić information content (AvgIpc) is 2.99. The van der Waals surface area contributed by atoms with Crippen LogP contribution in [0.2, 0.25) is 0 Å². The summed E-state index contributed by atoms with van der Waals surface area (Å²) < 4.78 is 22.4. The number of nitrogens with one attached hydrogen (secondary N) is 1. The summed E-state index contributed by atoms with van der Waals surface area (Å²) in [5.74, 6) is 0.701. The Hall–Kier alpha value is -4.52. The van der Waals surface area contributed by atoms with Gasteiger partial charge in [0.15, 0.2) is 17.3 Å². The van der Waals surface area contributed by atoms with Gasteiger partial charge in [-0.05, 0) is 48.6 Å².